The highest BCUT2D eigenvalue weighted by molar-refractivity contribution is 5.52. The molecule has 0 aliphatic heterocycles. The number of rotatable bonds is 11. The molecule has 0 aliphatic rings. The topological polar surface area (TPSA) is 52.3 Å². The first-order chi connectivity index (χ1) is 13.0. The number of aryl methyl sites for hydroxylation is 1. The van der Waals surface area contributed by atoms with Gasteiger partial charge in [-0.25, -0.2) is 4.98 Å². The van der Waals surface area contributed by atoms with E-state index in [-0.39, 0.29) is 0 Å². The van der Waals surface area contributed by atoms with Gasteiger partial charge in [0.15, 0.2) is 0 Å². The molecule has 0 saturated heterocycles. The predicted molar refractivity (Wildman–Crippen MR) is 112 cm³/mol. The zero-order valence-electron chi connectivity index (χ0n) is 17.3. The largest absolute Gasteiger partial charge is 0.371 e. The van der Waals surface area contributed by atoms with Gasteiger partial charge < -0.3 is 19.3 Å². The number of hydrogen-bond acceptors (Lipinski definition) is 6. The molecule has 27 heavy (non-hydrogen) atoms. The zero-order valence-corrected chi connectivity index (χ0v) is 17.3. The fraction of sp³-hybridized carbons (Fsp3) is 0.550. The molecule has 0 N–H and O–H groups in total. The number of azo groups is 1. The van der Waals surface area contributed by atoms with E-state index in [1.807, 2.05) is 29.9 Å². The molecular weight excluding hydrogens is 338 g/mol. The van der Waals surface area contributed by atoms with Crippen LogP contribution in [0.25, 0.3) is 0 Å². The van der Waals surface area contributed by atoms with E-state index in [0.717, 1.165) is 44.7 Å². The molecule has 0 bridgehead atoms. The summed E-state index contributed by atoms with van der Waals surface area (Å²) in [6.45, 7) is 4.31. The average Bonchev–Trinajstić information content (AvgIpc) is 3.03. The van der Waals surface area contributed by atoms with Crippen LogP contribution in [0.4, 0.5) is 17.3 Å². The molecule has 1 aromatic carbocycles. The van der Waals surface area contributed by atoms with Gasteiger partial charge >= 0.3 is 0 Å². The lowest BCUT2D eigenvalue weighted by molar-refractivity contribution is 0.390. The van der Waals surface area contributed by atoms with Crippen LogP contribution < -0.4 is 4.90 Å². The van der Waals surface area contributed by atoms with Crippen molar-refractivity contribution < 1.29 is 0 Å². The number of benzene rings is 1. The van der Waals surface area contributed by atoms with Gasteiger partial charge in [0.25, 0.3) is 0 Å². The summed E-state index contributed by atoms with van der Waals surface area (Å²) >= 11 is 0. The van der Waals surface area contributed by atoms with Crippen molar-refractivity contribution in [2.45, 2.75) is 12.8 Å². The smallest absolute Gasteiger partial charge is 0.249 e. The number of anilines is 1. The van der Waals surface area contributed by atoms with Crippen LogP contribution in [0, 0.1) is 0 Å². The molecule has 1 aromatic heterocycles. The summed E-state index contributed by atoms with van der Waals surface area (Å²) in [6, 6.07) is 8.32. The standard InChI is InChI=1S/C20H33N7/c1-24(2)13-6-15-27(16-7-14-25(3)4)19-10-8-18(9-11-19)22-23-20-21-12-17-26(20)5/h8-12,17H,6-7,13-16H2,1-5H3/b23-22+. The Bertz CT molecular complexity index is 675. The third-order valence-corrected chi connectivity index (χ3v) is 4.33. The van der Waals surface area contributed by atoms with Gasteiger partial charge in [0.05, 0.1) is 5.69 Å². The Morgan fingerprint density at radius 2 is 1.44 bits per heavy atom. The maximum Gasteiger partial charge on any atom is 0.249 e. The third-order valence-electron chi connectivity index (χ3n) is 4.33. The summed E-state index contributed by atoms with van der Waals surface area (Å²) in [6.07, 6.45) is 5.87. The van der Waals surface area contributed by atoms with Gasteiger partial charge in [0.2, 0.25) is 5.95 Å². The minimum atomic E-state index is 0.605. The molecule has 7 nitrogen and oxygen atoms in total. The average molecular weight is 372 g/mol. The minimum Gasteiger partial charge on any atom is -0.371 e. The second-order valence-corrected chi connectivity index (χ2v) is 7.36. The van der Waals surface area contributed by atoms with Crippen LogP contribution in [-0.4, -0.2) is 73.7 Å². The van der Waals surface area contributed by atoms with Gasteiger partial charge in [-0.3, -0.25) is 0 Å². The Hall–Kier alpha value is -2.25. The van der Waals surface area contributed by atoms with E-state index < -0.39 is 0 Å². The maximum absolute atomic E-state index is 4.29. The Morgan fingerprint density at radius 1 is 0.852 bits per heavy atom. The quantitative estimate of drug-likeness (QED) is 0.567. The normalized spacial score (nSPS) is 11.8. The molecule has 0 unspecified atom stereocenters. The lowest BCUT2D eigenvalue weighted by Gasteiger charge is -2.26. The second kappa shape index (κ2) is 10.8. The second-order valence-electron chi connectivity index (χ2n) is 7.36. The van der Waals surface area contributed by atoms with Crippen LogP contribution in [0.3, 0.4) is 0 Å². The highest BCUT2D eigenvalue weighted by Crippen LogP contribution is 2.22. The van der Waals surface area contributed by atoms with E-state index >= 15 is 0 Å². The molecule has 0 aliphatic carbocycles. The molecule has 0 amide bonds. The zero-order chi connectivity index (χ0) is 19.6. The van der Waals surface area contributed by atoms with E-state index in [9.17, 15) is 0 Å². The van der Waals surface area contributed by atoms with Crippen LogP contribution in [0.1, 0.15) is 12.8 Å². The van der Waals surface area contributed by atoms with Gasteiger partial charge in [-0.05, 0) is 78.4 Å². The first-order valence-corrected chi connectivity index (χ1v) is 9.49. The first kappa shape index (κ1) is 21.1. The van der Waals surface area contributed by atoms with Gasteiger partial charge in [0, 0.05) is 38.2 Å². The molecule has 0 saturated carbocycles. The fourth-order valence-corrected chi connectivity index (χ4v) is 2.81. The Morgan fingerprint density at radius 3 is 1.93 bits per heavy atom. The fourth-order valence-electron chi connectivity index (χ4n) is 2.81. The number of imidazole rings is 1. The van der Waals surface area contributed by atoms with Crippen molar-refractivity contribution in [3.8, 4) is 0 Å². The van der Waals surface area contributed by atoms with Crippen molar-refractivity contribution in [1.29, 1.82) is 0 Å². The Balaban J connectivity index is 2.00. The van der Waals surface area contributed by atoms with Crippen molar-refractivity contribution in [3.63, 3.8) is 0 Å². The van der Waals surface area contributed by atoms with Crippen molar-refractivity contribution in [3.05, 3.63) is 36.7 Å². The van der Waals surface area contributed by atoms with Gasteiger partial charge in [-0.15, -0.1) is 10.2 Å². The molecule has 0 radical (unpaired) electrons. The van der Waals surface area contributed by atoms with Crippen molar-refractivity contribution >= 4 is 17.3 Å². The molecule has 7 heteroatoms. The van der Waals surface area contributed by atoms with Crippen LogP contribution >= 0.6 is 0 Å². The number of aromatic nitrogens is 2. The van der Waals surface area contributed by atoms with Crippen LogP contribution in [-0.2, 0) is 7.05 Å². The molecule has 148 valence electrons. The molecular formula is C20H33N7. The summed E-state index contributed by atoms with van der Waals surface area (Å²) in [7, 11) is 10.4. The summed E-state index contributed by atoms with van der Waals surface area (Å²) in [5, 5.41) is 8.49. The van der Waals surface area contributed by atoms with E-state index in [2.05, 4.69) is 70.2 Å². The monoisotopic (exact) mass is 371 g/mol. The molecule has 0 spiro atoms. The minimum absolute atomic E-state index is 0.605. The summed E-state index contributed by atoms with van der Waals surface area (Å²) in [4.78, 5) is 11.1. The van der Waals surface area contributed by atoms with Gasteiger partial charge in [-0.2, -0.15) is 0 Å². The van der Waals surface area contributed by atoms with Crippen LogP contribution in [0.2, 0.25) is 0 Å². The van der Waals surface area contributed by atoms with Crippen LogP contribution in [0.5, 0.6) is 0 Å². The maximum atomic E-state index is 4.29. The van der Waals surface area contributed by atoms with Crippen molar-refractivity contribution in [1.82, 2.24) is 19.4 Å². The van der Waals surface area contributed by atoms with Crippen LogP contribution in [0.15, 0.2) is 46.9 Å². The number of hydrogen-bond donors (Lipinski definition) is 0. The molecule has 1 heterocycles. The Kier molecular flexibility index (Phi) is 8.42. The molecule has 0 atom stereocenters. The van der Waals surface area contributed by atoms with Crippen molar-refractivity contribution in [2.75, 3.05) is 59.3 Å². The highest BCUT2D eigenvalue weighted by Gasteiger charge is 2.07. The first-order valence-electron chi connectivity index (χ1n) is 9.49. The lowest BCUT2D eigenvalue weighted by atomic mass is 10.2. The summed E-state index contributed by atoms with van der Waals surface area (Å²) in [5.41, 5.74) is 2.08. The highest BCUT2D eigenvalue weighted by atomic mass is 15.2. The molecule has 2 aromatic rings. The molecule has 2 rings (SSSR count). The number of nitrogens with zero attached hydrogens (tertiary/aromatic N) is 7. The summed E-state index contributed by atoms with van der Waals surface area (Å²) < 4.78 is 1.84. The van der Waals surface area contributed by atoms with Crippen molar-refractivity contribution in [2.24, 2.45) is 17.3 Å². The van der Waals surface area contributed by atoms with E-state index in [0.29, 0.717) is 5.95 Å². The summed E-state index contributed by atoms with van der Waals surface area (Å²) in [5.74, 6) is 0.605. The lowest BCUT2D eigenvalue weighted by Crippen LogP contribution is -2.30. The predicted octanol–water partition coefficient (Wildman–Crippen LogP) is 3.55. The van der Waals surface area contributed by atoms with E-state index in [1.54, 1.807) is 6.20 Å². The van der Waals surface area contributed by atoms with Gasteiger partial charge in [-0.1, -0.05) is 0 Å². The Labute approximate surface area is 163 Å². The van der Waals surface area contributed by atoms with Gasteiger partial charge in [0.1, 0.15) is 0 Å². The van der Waals surface area contributed by atoms with E-state index in [1.165, 1.54) is 5.69 Å². The molecule has 0 fully saturated rings. The SMILES string of the molecule is CN(C)CCCN(CCCN(C)C)c1ccc(/N=N/c2nccn2C)cc1. The van der Waals surface area contributed by atoms with E-state index in [4.69, 9.17) is 0 Å². The third kappa shape index (κ3) is 7.48.